The van der Waals surface area contributed by atoms with Crippen molar-refractivity contribution in [2.24, 2.45) is 10.2 Å². The molecule has 1 heterocycles. The van der Waals surface area contributed by atoms with Crippen LogP contribution in [0.5, 0.6) is 0 Å². The van der Waals surface area contributed by atoms with E-state index in [0.717, 1.165) is 55.8 Å². The van der Waals surface area contributed by atoms with Gasteiger partial charge in [0.15, 0.2) is 0 Å². The Hall–Kier alpha value is -2.88. The Morgan fingerprint density at radius 1 is 1.19 bits per heavy atom. The van der Waals surface area contributed by atoms with Gasteiger partial charge in [0, 0.05) is 25.2 Å². The summed E-state index contributed by atoms with van der Waals surface area (Å²) in [5.74, 6) is -0.122. The van der Waals surface area contributed by atoms with Crippen LogP contribution in [0, 0.1) is 17.0 Å². The number of nitro groups is 1. The molecule has 0 aliphatic carbocycles. The number of rotatable bonds is 12. The minimum absolute atomic E-state index is 0.0497. The van der Waals surface area contributed by atoms with Crippen LogP contribution < -0.4 is 10.2 Å². The predicted molar refractivity (Wildman–Crippen MR) is 125 cm³/mol. The molecule has 2 aromatic rings. The summed E-state index contributed by atoms with van der Waals surface area (Å²) in [5.41, 5.74) is 2.37. The molecule has 0 aliphatic rings. The monoisotopic (exact) mass is 446 g/mol. The van der Waals surface area contributed by atoms with E-state index in [9.17, 15) is 14.9 Å². The molecule has 0 fully saturated rings. The smallest absolute Gasteiger partial charge is 0.348 e. The number of anilines is 2. The maximum absolute atomic E-state index is 12.1. The van der Waals surface area contributed by atoms with Gasteiger partial charge in [0.2, 0.25) is 11.0 Å². The van der Waals surface area contributed by atoms with E-state index in [4.69, 9.17) is 0 Å². The molecule has 1 aromatic heterocycles. The van der Waals surface area contributed by atoms with Crippen LogP contribution in [0.4, 0.5) is 27.2 Å². The van der Waals surface area contributed by atoms with Crippen molar-refractivity contribution in [1.29, 1.82) is 0 Å². The fourth-order valence-corrected chi connectivity index (χ4v) is 3.60. The van der Waals surface area contributed by atoms with Gasteiger partial charge in [-0.05, 0) is 49.3 Å². The lowest BCUT2D eigenvalue weighted by Gasteiger charge is -2.25. The Balaban J connectivity index is 2.36. The molecule has 0 saturated heterocycles. The number of thiazole rings is 1. The number of hydrogen-bond acceptors (Lipinski definition) is 8. The van der Waals surface area contributed by atoms with Crippen LogP contribution in [0.2, 0.25) is 0 Å². The largest absolute Gasteiger partial charge is 0.371 e. The quantitative estimate of drug-likeness (QED) is 0.226. The number of amides is 1. The van der Waals surface area contributed by atoms with Crippen molar-refractivity contribution in [3.8, 4) is 0 Å². The third kappa shape index (κ3) is 7.09. The fraction of sp³-hybridized carbons (Fsp3) is 0.524. The molecule has 168 valence electrons. The van der Waals surface area contributed by atoms with Crippen molar-refractivity contribution in [2.75, 3.05) is 23.3 Å². The molecular formula is C21H30N6O3S. The standard InChI is InChI=1S/C21H30N6O3S/c1-5-8-12-26(13-9-6-2)16-10-11-17(18(14-16)23-19(28)7-3)24-25-21-22-15(4)20(31-21)27(29)30/h10-11,14H,5-9,12-13H2,1-4H3,(H,23,28). The number of azo groups is 1. The highest BCUT2D eigenvalue weighted by molar-refractivity contribution is 7.18. The van der Waals surface area contributed by atoms with Crippen LogP contribution in [0.25, 0.3) is 0 Å². The second-order valence-corrected chi connectivity index (χ2v) is 8.10. The number of benzene rings is 1. The number of unbranched alkanes of at least 4 members (excludes halogenated alkanes) is 2. The summed E-state index contributed by atoms with van der Waals surface area (Å²) in [6, 6.07) is 5.70. The maximum atomic E-state index is 12.1. The van der Waals surface area contributed by atoms with E-state index in [1.165, 1.54) is 0 Å². The number of carbonyl (C=O) groups excluding carboxylic acids is 1. The molecule has 0 bridgehead atoms. The first-order valence-corrected chi connectivity index (χ1v) is 11.4. The fourth-order valence-electron chi connectivity index (χ4n) is 2.90. The highest BCUT2D eigenvalue weighted by atomic mass is 32.1. The van der Waals surface area contributed by atoms with Gasteiger partial charge >= 0.3 is 5.00 Å². The Kier molecular flexibility index (Phi) is 9.51. The second kappa shape index (κ2) is 12.1. The minimum atomic E-state index is -0.477. The number of nitrogens with zero attached hydrogens (tertiary/aromatic N) is 5. The van der Waals surface area contributed by atoms with Gasteiger partial charge in [-0.1, -0.05) is 33.6 Å². The lowest BCUT2D eigenvalue weighted by Crippen LogP contribution is -2.25. The summed E-state index contributed by atoms with van der Waals surface area (Å²) in [4.78, 5) is 29.0. The molecule has 1 aromatic carbocycles. The van der Waals surface area contributed by atoms with Crippen LogP contribution in [0.15, 0.2) is 28.4 Å². The third-order valence-electron chi connectivity index (χ3n) is 4.67. The maximum Gasteiger partial charge on any atom is 0.348 e. The van der Waals surface area contributed by atoms with E-state index < -0.39 is 4.92 Å². The van der Waals surface area contributed by atoms with Crippen molar-refractivity contribution in [3.63, 3.8) is 0 Å². The summed E-state index contributed by atoms with van der Waals surface area (Å²) in [6.07, 6.45) is 4.73. The topological polar surface area (TPSA) is 113 Å². The van der Waals surface area contributed by atoms with Gasteiger partial charge in [-0.15, -0.1) is 10.2 Å². The SMILES string of the molecule is CCCCN(CCCC)c1ccc(N=Nc2nc(C)c([N+](=O)[O-])s2)c(NC(=O)CC)c1. The zero-order valence-corrected chi connectivity index (χ0v) is 19.4. The molecule has 0 spiro atoms. The number of aryl methyl sites for hydroxylation is 1. The lowest BCUT2D eigenvalue weighted by atomic mass is 10.2. The Labute approximate surface area is 186 Å². The van der Waals surface area contributed by atoms with Gasteiger partial charge < -0.3 is 10.2 Å². The molecular weight excluding hydrogens is 416 g/mol. The van der Waals surface area contributed by atoms with Gasteiger partial charge in [-0.25, -0.2) is 4.98 Å². The highest BCUT2D eigenvalue weighted by Crippen LogP contribution is 2.35. The van der Waals surface area contributed by atoms with Gasteiger partial charge in [0.05, 0.1) is 10.6 Å². The van der Waals surface area contributed by atoms with Crippen LogP contribution >= 0.6 is 11.3 Å². The predicted octanol–water partition coefficient (Wildman–Crippen LogP) is 6.53. The van der Waals surface area contributed by atoms with Gasteiger partial charge in [0.25, 0.3) is 0 Å². The van der Waals surface area contributed by atoms with Crippen LogP contribution in [-0.2, 0) is 4.79 Å². The van der Waals surface area contributed by atoms with Crippen molar-refractivity contribution in [2.45, 2.75) is 59.8 Å². The average Bonchev–Trinajstić information content (AvgIpc) is 3.13. The average molecular weight is 447 g/mol. The summed E-state index contributed by atoms with van der Waals surface area (Å²) >= 11 is 0.871. The Bertz CT molecular complexity index is 920. The Morgan fingerprint density at radius 2 is 1.87 bits per heavy atom. The first kappa shape index (κ1) is 24.4. The van der Waals surface area contributed by atoms with Gasteiger partial charge in [0.1, 0.15) is 11.4 Å². The molecule has 0 radical (unpaired) electrons. The minimum Gasteiger partial charge on any atom is -0.371 e. The zero-order chi connectivity index (χ0) is 22.8. The molecule has 2 rings (SSSR count). The van der Waals surface area contributed by atoms with Crippen molar-refractivity contribution in [3.05, 3.63) is 34.0 Å². The summed E-state index contributed by atoms with van der Waals surface area (Å²) in [5, 5.41) is 22.4. The van der Waals surface area contributed by atoms with Crippen LogP contribution in [0.3, 0.4) is 0 Å². The van der Waals surface area contributed by atoms with Crippen LogP contribution in [-0.4, -0.2) is 28.9 Å². The molecule has 0 unspecified atom stereocenters. The molecule has 0 saturated carbocycles. The van der Waals surface area contributed by atoms with Crippen LogP contribution in [0.1, 0.15) is 58.6 Å². The zero-order valence-electron chi connectivity index (χ0n) is 18.6. The molecule has 31 heavy (non-hydrogen) atoms. The van der Waals surface area contributed by atoms with E-state index in [2.05, 4.69) is 39.3 Å². The van der Waals surface area contributed by atoms with Crippen molar-refractivity contribution >= 4 is 44.4 Å². The van der Waals surface area contributed by atoms with E-state index in [-0.39, 0.29) is 16.0 Å². The molecule has 0 atom stereocenters. The molecule has 1 N–H and O–H groups in total. The van der Waals surface area contributed by atoms with E-state index in [1.54, 1.807) is 13.8 Å². The first-order valence-electron chi connectivity index (χ1n) is 10.6. The number of carbonyl (C=O) groups is 1. The molecule has 1 amide bonds. The summed E-state index contributed by atoms with van der Waals surface area (Å²) in [7, 11) is 0. The molecule has 9 nitrogen and oxygen atoms in total. The highest BCUT2D eigenvalue weighted by Gasteiger charge is 2.18. The number of aromatic nitrogens is 1. The normalized spacial score (nSPS) is 11.1. The van der Waals surface area contributed by atoms with E-state index >= 15 is 0 Å². The summed E-state index contributed by atoms with van der Waals surface area (Å²) in [6.45, 7) is 9.57. The van der Waals surface area contributed by atoms with Crippen molar-refractivity contribution < 1.29 is 9.72 Å². The van der Waals surface area contributed by atoms with Gasteiger partial charge in [-0.3, -0.25) is 14.9 Å². The van der Waals surface area contributed by atoms with E-state index in [0.29, 0.717) is 23.5 Å². The first-order chi connectivity index (χ1) is 14.9. The second-order valence-electron chi connectivity index (χ2n) is 7.14. The van der Waals surface area contributed by atoms with E-state index in [1.807, 2.05) is 18.2 Å². The Morgan fingerprint density at radius 3 is 2.42 bits per heavy atom. The van der Waals surface area contributed by atoms with Gasteiger partial charge in [-0.2, -0.15) is 0 Å². The molecule has 10 heteroatoms. The number of hydrogen-bond donors (Lipinski definition) is 1. The molecule has 0 aliphatic heterocycles. The lowest BCUT2D eigenvalue weighted by molar-refractivity contribution is -0.380. The number of nitrogens with one attached hydrogen (secondary N) is 1. The third-order valence-corrected chi connectivity index (χ3v) is 5.67. The summed E-state index contributed by atoms with van der Waals surface area (Å²) < 4.78 is 0. The van der Waals surface area contributed by atoms with Crippen molar-refractivity contribution in [1.82, 2.24) is 4.98 Å².